The molecule has 3 rings (SSSR count). The quantitative estimate of drug-likeness (QED) is 0.846. The Hall–Kier alpha value is -1.20. The average Bonchev–Trinajstić information content (AvgIpc) is 3.00. The Kier molecular flexibility index (Phi) is 3.41. The maximum Gasteiger partial charge on any atom is 0.135 e. The van der Waals surface area contributed by atoms with E-state index in [1.807, 2.05) is 30.0 Å². The van der Waals surface area contributed by atoms with Crippen LogP contribution in [0.15, 0.2) is 18.2 Å². The third kappa shape index (κ3) is 2.21. The molecule has 102 valence electrons. The van der Waals surface area contributed by atoms with Crippen molar-refractivity contribution in [1.29, 1.82) is 0 Å². The summed E-state index contributed by atoms with van der Waals surface area (Å²) >= 11 is 1.94. The van der Waals surface area contributed by atoms with Crippen molar-refractivity contribution < 1.29 is 5.11 Å². The highest BCUT2D eigenvalue weighted by molar-refractivity contribution is 7.99. The maximum absolute atomic E-state index is 9.55. The normalized spacial score (nSPS) is 23.3. The van der Waals surface area contributed by atoms with Gasteiger partial charge in [-0.3, -0.25) is 0 Å². The number of benzene rings is 1. The number of nitrogen functional groups attached to an aromatic ring is 1. The van der Waals surface area contributed by atoms with Crippen LogP contribution in [0.1, 0.15) is 31.1 Å². The lowest BCUT2D eigenvalue weighted by Crippen LogP contribution is -2.10. The van der Waals surface area contributed by atoms with Gasteiger partial charge in [0.15, 0.2) is 0 Å². The van der Waals surface area contributed by atoms with Crippen molar-refractivity contribution in [3.05, 3.63) is 24.0 Å². The Morgan fingerprint density at radius 3 is 3.00 bits per heavy atom. The Labute approximate surface area is 117 Å². The number of aliphatic hydroxyl groups is 1. The van der Waals surface area contributed by atoms with Gasteiger partial charge in [0.25, 0.3) is 0 Å². The third-order valence-electron chi connectivity index (χ3n) is 3.98. The molecule has 0 saturated heterocycles. The average molecular weight is 277 g/mol. The number of rotatable bonds is 3. The molecule has 4 nitrogen and oxygen atoms in total. The van der Waals surface area contributed by atoms with E-state index in [-0.39, 0.29) is 6.61 Å². The lowest BCUT2D eigenvalue weighted by Gasteiger charge is -2.16. The van der Waals surface area contributed by atoms with Crippen LogP contribution in [0, 0.1) is 0 Å². The number of nitrogens with zero attached hydrogens (tertiary/aromatic N) is 2. The van der Waals surface area contributed by atoms with Gasteiger partial charge in [0.05, 0.1) is 11.0 Å². The van der Waals surface area contributed by atoms with E-state index in [0.29, 0.717) is 6.04 Å². The molecule has 0 spiro atoms. The van der Waals surface area contributed by atoms with Crippen molar-refractivity contribution in [2.24, 2.45) is 0 Å². The van der Waals surface area contributed by atoms with Crippen LogP contribution in [0.3, 0.4) is 0 Å². The third-order valence-corrected chi connectivity index (χ3v) is 5.08. The summed E-state index contributed by atoms with van der Waals surface area (Å²) in [5.41, 5.74) is 8.50. The van der Waals surface area contributed by atoms with Crippen LogP contribution >= 0.6 is 11.8 Å². The van der Waals surface area contributed by atoms with Crippen molar-refractivity contribution in [2.45, 2.75) is 37.2 Å². The van der Waals surface area contributed by atoms with Gasteiger partial charge < -0.3 is 15.4 Å². The second-order valence-corrected chi connectivity index (χ2v) is 6.27. The highest BCUT2D eigenvalue weighted by atomic mass is 32.2. The molecule has 19 heavy (non-hydrogen) atoms. The molecule has 3 N–H and O–H groups in total. The minimum Gasteiger partial charge on any atom is -0.399 e. The Morgan fingerprint density at radius 1 is 1.47 bits per heavy atom. The van der Waals surface area contributed by atoms with Gasteiger partial charge in [-0.2, -0.15) is 11.8 Å². The Morgan fingerprint density at radius 2 is 2.32 bits per heavy atom. The van der Waals surface area contributed by atoms with Gasteiger partial charge in [-0.15, -0.1) is 0 Å². The fourth-order valence-electron chi connectivity index (χ4n) is 3.05. The predicted octanol–water partition coefficient (Wildman–Crippen LogP) is 2.57. The number of imidazole rings is 1. The van der Waals surface area contributed by atoms with Crippen molar-refractivity contribution in [3.63, 3.8) is 0 Å². The number of thioether (sulfide) groups is 1. The highest BCUT2D eigenvalue weighted by Crippen LogP contribution is 2.38. The van der Waals surface area contributed by atoms with Gasteiger partial charge in [-0.05, 0) is 43.7 Å². The molecule has 0 radical (unpaired) electrons. The molecular formula is C14H19N3OS. The minimum atomic E-state index is -0.0188. The SMILES string of the molecule is CSC1CCC(n2c(CO)nc3cc(N)ccc32)C1. The van der Waals surface area contributed by atoms with Gasteiger partial charge in [0, 0.05) is 17.0 Å². The van der Waals surface area contributed by atoms with Gasteiger partial charge >= 0.3 is 0 Å². The summed E-state index contributed by atoms with van der Waals surface area (Å²) < 4.78 is 2.21. The molecule has 0 bridgehead atoms. The number of hydrogen-bond donors (Lipinski definition) is 2. The summed E-state index contributed by atoms with van der Waals surface area (Å²) in [6.45, 7) is -0.0188. The van der Waals surface area contributed by atoms with Crippen LogP contribution in [0.25, 0.3) is 11.0 Å². The molecule has 2 aromatic rings. The second-order valence-electron chi connectivity index (χ2n) is 5.13. The summed E-state index contributed by atoms with van der Waals surface area (Å²) in [6.07, 6.45) is 5.73. The molecule has 5 heteroatoms. The number of anilines is 1. The van der Waals surface area contributed by atoms with E-state index in [2.05, 4.69) is 15.8 Å². The fourth-order valence-corrected chi connectivity index (χ4v) is 3.84. The molecule has 1 aliphatic rings. The summed E-state index contributed by atoms with van der Waals surface area (Å²) in [5.74, 6) is 0.757. The number of fused-ring (bicyclic) bond motifs is 1. The first-order valence-electron chi connectivity index (χ1n) is 6.63. The second kappa shape index (κ2) is 5.06. The van der Waals surface area contributed by atoms with Gasteiger partial charge in [-0.1, -0.05) is 0 Å². The molecule has 1 saturated carbocycles. The first-order valence-corrected chi connectivity index (χ1v) is 7.91. The topological polar surface area (TPSA) is 64.1 Å². The molecule has 1 aliphatic carbocycles. The molecule has 1 aromatic carbocycles. The number of aliphatic hydroxyl groups excluding tert-OH is 1. The Bertz CT molecular complexity index is 596. The smallest absolute Gasteiger partial charge is 0.135 e. The summed E-state index contributed by atoms with van der Waals surface area (Å²) in [5, 5.41) is 10.3. The van der Waals surface area contributed by atoms with E-state index in [9.17, 15) is 5.11 Å². The van der Waals surface area contributed by atoms with E-state index < -0.39 is 0 Å². The molecule has 1 aromatic heterocycles. The molecule has 0 amide bonds. The predicted molar refractivity (Wildman–Crippen MR) is 80.3 cm³/mol. The van der Waals surface area contributed by atoms with Crippen LogP contribution < -0.4 is 5.73 Å². The minimum absolute atomic E-state index is 0.0188. The lowest BCUT2D eigenvalue weighted by atomic mass is 10.2. The standard InChI is InChI=1S/C14H19N3OS/c1-19-11-4-3-10(7-11)17-13-5-2-9(15)6-12(13)16-14(17)8-18/h2,5-6,10-11,18H,3-4,7-8,15H2,1H3. The van der Waals surface area contributed by atoms with Crippen molar-refractivity contribution in [2.75, 3.05) is 12.0 Å². The van der Waals surface area contributed by atoms with E-state index >= 15 is 0 Å². The van der Waals surface area contributed by atoms with Crippen molar-refractivity contribution in [1.82, 2.24) is 9.55 Å². The monoisotopic (exact) mass is 277 g/mol. The van der Waals surface area contributed by atoms with E-state index in [4.69, 9.17) is 5.73 Å². The molecule has 1 heterocycles. The maximum atomic E-state index is 9.55. The zero-order valence-electron chi connectivity index (χ0n) is 11.0. The summed E-state index contributed by atoms with van der Waals surface area (Å²) in [6, 6.07) is 6.26. The van der Waals surface area contributed by atoms with Crippen LogP contribution in [0.4, 0.5) is 5.69 Å². The van der Waals surface area contributed by atoms with Crippen LogP contribution in [-0.4, -0.2) is 26.2 Å². The zero-order chi connectivity index (χ0) is 13.4. The Balaban J connectivity index is 2.06. The lowest BCUT2D eigenvalue weighted by molar-refractivity contribution is 0.261. The van der Waals surface area contributed by atoms with Gasteiger partial charge in [0.1, 0.15) is 12.4 Å². The molecule has 1 fully saturated rings. The first kappa shape index (κ1) is 12.8. The van der Waals surface area contributed by atoms with Gasteiger partial charge in [0.2, 0.25) is 0 Å². The van der Waals surface area contributed by atoms with E-state index in [0.717, 1.165) is 40.6 Å². The highest BCUT2D eigenvalue weighted by Gasteiger charge is 2.28. The van der Waals surface area contributed by atoms with E-state index in [1.54, 1.807) is 0 Å². The van der Waals surface area contributed by atoms with Crippen molar-refractivity contribution in [3.8, 4) is 0 Å². The van der Waals surface area contributed by atoms with Crippen LogP contribution in [0.5, 0.6) is 0 Å². The number of hydrogen-bond acceptors (Lipinski definition) is 4. The molecular weight excluding hydrogens is 258 g/mol. The molecule has 2 unspecified atom stereocenters. The summed E-state index contributed by atoms with van der Waals surface area (Å²) in [4.78, 5) is 4.51. The fraction of sp³-hybridized carbons (Fsp3) is 0.500. The first-order chi connectivity index (χ1) is 9.22. The molecule has 2 atom stereocenters. The van der Waals surface area contributed by atoms with E-state index in [1.165, 1.54) is 6.42 Å². The van der Waals surface area contributed by atoms with Gasteiger partial charge in [-0.25, -0.2) is 4.98 Å². The largest absolute Gasteiger partial charge is 0.399 e. The summed E-state index contributed by atoms with van der Waals surface area (Å²) in [7, 11) is 0. The zero-order valence-corrected chi connectivity index (χ0v) is 11.9. The van der Waals surface area contributed by atoms with Crippen LogP contribution in [0.2, 0.25) is 0 Å². The van der Waals surface area contributed by atoms with Crippen molar-refractivity contribution >= 4 is 28.5 Å². The molecule has 0 aliphatic heterocycles. The number of aromatic nitrogens is 2. The van der Waals surface area contributed by atoms with Crippen LogP contribution in [-0.2, 0) is 6.61 Å². The number of nitrogens with two attached hydrogens (primary N) is 1.